The van der Waals surface area contributed by atoms with Crippen LogP contribution in [0.1, 0.15) is 0 Å². The number of methoxy groups -OCH3 is 1. The van der Waals surface area contributed by atoms with Crippen LogP contribution in [0.25, 0.3) is 10.8 Å². The Morgan fingerprint density at radius 2 is 2.15 bits per heavy atom. The Labute approximate surface area is 84.7 Å². The fourth-order valence-electron chi connectivity index (χ4n) is 1.24. The van der Waals surface area contributed by atoms with Gasteiger partial charge in [0.25, 0.3) is 0 Å². The summed E-state index contributed by atoms with van der Waals surface area (Å²) in [6.45, 7) is 0. The van der Waals surface area contributed by atoms with E-state index in [1.165, 1.54) is 0 Å². The number of rotatable bonds is 1. The molecule has 1 aromatic carbocycles. The number of aromatic nitrogens is 1. The molecule has 2 rings (SSSR count). The highest BCUT2D eigenvalue weighted by molar-refractivity contribution is 9.10. The molecule has 0 bridgehead atoms. The van der Waals surface area contributed by atoms with E-state index in [2.05, 4.69) is 27.1 Å². The van der Waals surface area contributed by atoms with Crippen molar-refractivity contribution in [2.24, 2.45) is 0 Å². The lowest BCUT2D eigenvalue weighted by molar-refractivity contribution is 0.415. The van der Waals surface area contributed by atoms with Crippen molar-refractivity contribution in [2.45, 2.75) is 0 Å². The van der Waals surface area contributed by atoms with E-state index in [0.29, 0.717) is 4.60 Å². The summed E-state index contributed by atoms with van der Waals surface area (Å²) >= 11 is 3.31. The highest BCUT2D eigenvalue weighted by Gasteiger charge is 2.05. The van der Waals surface area contributed by atoms with Crippen molar-refractivity contribution in [3.63, 3.8) is 0 Å². The fraction of sp³-hybridized carbons (Fsp3) is 0.100. The minimum atomic E-state index is 0.689. The smallest absolute Gasteiger partial charge is 0.159 e. The predicted octanol–water partition coefficient (Wildman–Crippen LogP) is 2.81. The molecule has 0 saturated carbocycles. The maximum absolute atomic E-state index is 5.23. The quantitative estimate of drug-likeness (QED) is 0.711. The molecule has 0 spiro atoms. The molecule has 2 nitrogen and oxygen atoms in total. The molecule has 1 radical (unpaired) electrons. The summed E-state index contributed by atoms with van der Waals surface area (Å²) in [6.07, 6.45) is 2.92. The number of ether oxygens (including phenoxy) is 1. The molecule has 0 fully saturated rings. The molecular formula is C10H7BrNO. The van der Waals surface area contributed by atoms with E-state index in [1.54, 1.807) is 7.11 Å². The van der Waals surface area contributed by atoms with E-state index >= 15 is 0 Å². The van der Waals surface area contributed by atoms with E-state index in [0.717, 1.165) is 16.5 Å². The van der Waals surface area contributed by atoms with Gasteiger partial charge < -0.3 is 4.74 Å². The van der Waals surface area contributed by atoms with Gasteiger partial charge in [0.1, 0.15) is 4.60 Å². The zero-order valence-electron chi connectivity index (χ0n) is 7.04. The Kier molecular flexibility index (Phi) is 2.19. The molecule has 0 N–H and O–H groups in total. The Morgan fingerprint density at radius 1 is 1.38 bits per heavy atom. The lowest BCUT2D eigenvalue weighted by atomic mass is 10.2. The average molecular weight is 237 g/mol. The normalized spacial score (nSPS) is 10.3. The zero-order valence-corrected chi connectivity index (χ0v) is 8.63. The Balaban J connectivity index is 2.84. The van der Waals surface area contributed by atoms with E-state index < -0.39 is 0 Å². The summed E-state index contributed by atoms with van der Waals surface area (Å²) < 4.78 is 5.92. The summed E-state index contributed by atoms with van der Waals surface area (Å²) in [7, 11) is 1.63. The van der Waals surface area contributed by atoms with Crippen LogP contribution in [-0.4, -0.2) is 12.1 Å². The number of nitrogens with zero attached hydrogens (tertiary/aromatic N) is 1. The van der Waals surface area contributed by atoms with Crippen molar-refractivity contribution in [3.8, 4) is 5.75 Å². The van der Waals surface area contributed by atoms with Crippen LogP contribution in [0.2, 0.25) is 0 Å². The molecule has 0 aliphatic rings. The van der Waals surface area contributed by atoms with Crippen LogP contribution < -0.4 is 4.74 Å². The first-order valence-electron chi connectivity index (χ1n) is 3.83. The highest BCUT2D eigenvalue weighted by atomic mass is 79.9. The number of hydrogen-bond donors (Lipinski definition) is 0. The number of fused-ring (bicyclic) bond motifs is 1. The largest absolute Gasteiger partial charge is 0.493 e. The molecule has 2 aromatic rings. The first kappa shape index (κ1) is 8.51. The standard InChI is InChI=1S/C10H7BrNO/c1-13-9-8-5-3-2-4-7(8)6-12-10(9)11/h2-5H,1H3. The first-order valence-corrected chi connectivity index (χ1v) is 4.62. The molecule has 0 saturated heterocycles. The summed E-state index contributed by atoms with van der Waals surface area (Å²) in [5.41, 5.74) is 0. The summed E-state index contributed by atoms with van der Waals surface area (Å²) in [6, 6.07) is 7.85. The molecule has 0 atom stereocenters. The summed E-state index contributed by atoms with van der Waals surface area (Å²) in [5.74, 6) is 0.759. The third-order valence-electron chi connectivity index (χ3n) is 1.84. The molecule has 0 aliphatic heterocycles. The third-order valence-corrected chi connectivity index (χ3v) is 2.38. The number of benzene rings is 1. The lowest BCUT2D eigenvalue weighted by Gasteiger charge is -2.05. The molecule has 3 heteroatoms. The first-order chi connectivity index (χ1) is 6.33. The van der Waals surface area contributed by atoms with Crippen molar-refractivity contribution >= 4 is 26.7 Å². The molecule has 1 heterocycles. The van der Waals surface area contributed by atoms with Gasteiger partial charge in [-0.3, -0.25) is 0 Å². The summed E-state index contributed by atoms with van der Waals surface area (Å²) in [4.78, 5) is 4.04. The predicted molar refractivity (Wildman–Crippen MR) is 54.8 cm³/mol. The number of halogens is 1. The van der Waals surface area contributed by atoms with Crippen molar-refractivity contribution in [1.29, 1.82) is 0 Å². The minimum absolute atomic E-state index is 0.689. The third kappa shape index (κ3) is 1.40. The van der Waals surface area contributed by atoms with E-state index in [4.69, 9.17) is 4.74 Å². The SMILES string of the molecule is COc1c(Br)n[c]c2ccccc12. The van der Waals surface area contributed by atoms with Crippen molar-refractivity contribution < 1.29 is 4.74 Å². The molecular weight excluding hydrogens is 230 g/mol. The molecule has 1 aromatic heterocycles. The Bertz CT molecular complexity index is 442. The maximum Gasteiger partial charge on any atom is 0.159 e. The van der Waals surface area contributed by atoms with Crippen LogP contribution in [0, 0.1) is 6.20 Å². The Morgan fingerprint density at radius 3 is 2.92 bits per heavy atom. The second-order valence-electron chi connectivity index (χ2n) is 2.59. The van der Waals surface area contributed by atoms with Gasteiger partial charge in [0.2, 0.25) is 0 Å². The number of hydrogen-bond acceptors (Lipinski definition) is 2. The van der Waals surface area contributed by atoms with Gasteiger partial charge >= 0.3 is 0 Å². The lowest BCUT2D eigenvalue weighted by Crippen LogP contribution is -1.89. The van der Waals surface area contributed by atoms with Crippen molar-refractivity contribution in [2.75, 3.05) is 7.11 Å². The minimum Gasteiger partial charge on any atom is -0.493 e. The van der Waals surface area contributed by atoms with Gasteiger partial charge in [-0.2, -0.15) is 0 Å². The monoisotopic (exact) mass is 236 g/mol. The van der Waals surface area contributed by atoms with Gasteiger partial charge in [0.15, 0.2) is 5.75 Å². The zero-order chi connectivity index (χ0) is 9.26. The summed E-state index contributed by atoms with van der Waals surface area (Å²) in [5, 5.41) is 1.98. The molecule has 13 heavy (non-hydrogen) atoms. The molecule has 0 amide bonds. The van der Waals surface area contributed by atoms with Crippen molar-refractivity contribution in [3.05, 3.63) is 35.1 Å². The molecule has 0 unspecified atom stereocenters. The van der Waals surface area contributed by atoms with Gasteiger partial charge in [0, 0.05) is 10.8 Å². The van der Waals surface area contributed by atoms with E-state index in [-0.39, 0.29) is 0 Å². The molecule has 65 valence electrons. The van der Waals surface area contributed by atoms with Crippen LogP contribution in [0.4, 0.5) is 0 Å². The topological polar surface area (TPSA) is 22.1 Å². The van der Waals surface area contributed by atoms with Crippen LogP contribution in [0.15, 0.2) is 28.9 Å². The second kappa shape index (κ2) is 3.34. The molecule has 0 aliphatic carbocycles. The Hall–Kier alpha value is -1.09. The van der Waals surface area contributed by atoms with E-state index in [9.17, 15) is 0 Å². The van der Waals surface area contributed by atoms with Gasteiger partial charge in [0.05, 0.1) is 13.3 Å². The maximum atomic E-state index is 5.23. The van der Waals surface area contributed by atoms with Crippen LogP contribution in [0.3, 0.4) is 0 Å². The van der Waals surface area contributed by atoms with Gasteiger partial charge in [-0.15, -0.1) is 0 Å². The second-order valence-corrected chi connectivity index (χ2v) is 3.34. The average Bonchev–Trinajstić information content (AvgIpc) is 2.18. The van der Waals surface area contributed by atoms with Gasteiger partial charge in [-0.1, -0.05) is 24.3 Å². The highest BCUT2D eigenvalue weighted by Crippen LogP contribution is 2.30. The number of pyridine rings is 1. The van der Waals surface area contributed by atoms with Crippen LogP contribution >= 0.6 is 15.9 Å². The van der Waals surface area contributed by atoms with Gasteiger partial charge in [-0.25, -0.2) is 4.98 Å². The van der Waals surface area contributed by atoms with Crippen molar-refractivity contribution in [1.82, 2.24) is 4.98 Å². The van der Waals surface area contributed by atoms with E-state index in [1.807, 2.05) is 24.3 Å². The van der Waals surface area contributed by atoms with Crippen LogP contribution in [0.5, 0.6) is 5.75 Å². The van der Waals surface area contributed by atoms with Gasteiger partial charge in [-0.05, 0) is 15.9 Å². The fourth-order valence-corrected chi connectivity index (χ4v) is 1.71. The van der Waals surface area contributed by atoms with Crippen LogP contribution in [-0.2, 0) is 0 Å².